The highest BCUT2D eigenvalue weighted by atomic mass is 16.5. The minimum absolute atomic E-state index is 0.0439. The quantitative estimate of drug-likeness (QED) is 0.865. The number of nitrogens with zero attached hydrogens (tertiary/aromatic N) is 3. The Morgan fingerprint density at radius 1 is 1.33 bits per heavy atom. The standard InChI is InChI=1S/C14H17N3O4/c18-13-7-10(14(19)20)9-17(13)12-2-1-11(8-15-12)16-3-5-21-6-4-16/h1-2,8,10H,3-7,9H2,(H,19,20). The van der Waals surface area contributed by atoms with Gasteiger partial charge in [0.15, 0.2) is 0 Å². The number of carboxylic acid groups (broad SMARTS) is 1. The molecule has 1 N–H and O–H groups in total. The van der Waals surface area contributed by atoms with Crippen LogP contribution < -0.4 is 9.80 Å². The Morgan fingerprint density at radius 3 is 2.67 bits per heavy atom. The first-order valence-corrected chi connectivity index (χ1v) is 6.97. The first kappa shape index (κ1) is 13.8. The Balaban J connectivity index is 1.72. The van der Waals surface area contributed by atoms with Crippen LogP contribution in [0.5, 0.6) is 0 Å². The molecule has 112 valence electrons. The van der Waals surface area contributed by atoms with Crippen molar-refractivity contribution in [2.45, 2.75) is 6.42 Å². The maximum Gasteiger partial charge on any atom is 0.308 e. The molecular formula is C14H17N3O4. The third-order valence-corrected chi connectivity index (χ3v) is 3.86. The van der Waals surface area contributed by atoms with Gasteiger partial charge in [-0.25, -0.2) is 4.98 Å². The molecule has 21 heavy (non-hydrogen) atoms. The van der Waals surface area contributed by atoms with Gasteiger partial charge in [0.1, 0.15) is 5.82 Å². The summed E-state index contributed by atoms with van der Waals surface area (Å²) in [6, 6.07) is 3.68. The fraction of sp³-hybridized carbons (Fsp3) is 0.500. The summed E-state index contributed by atoms with van der Waals surface area (Å²) in [6.45, 7) is 3.24. The van der Waals surface area contributed by atoms with Gasteiger partial charge in [0.05, 0.1) is 31.0 Å². The van der Waals surface area contributed by atoms with Crippen molar-refractivity contribution in [1.29, 1.82) is 0 Å². The molecule has 1 atom stereocenters. The molecule has 1 aromatic rings. The largest absolute Gasteiger partial charge is 0.481 e. The Labute approximate surface area is 122 Å². The summed E-state index contributed by atoms with van der Waals surface area (Å²) in [5, 5.41) is 8.99. The number of amides is 1. The lowest BCUT2D eigenvalue weighted by molar-refractivity contribution is -0.141. The second-order valence-electron chi connectivity index (χ2n) is 5.22. The molecule has 0 aromatic carbocycles. The van der Waals surface area contributed by atoms with E-state index in [0.717, 1.165) is 18.8 Å². The molecule has 0 aliphatic carbocycles. The van der Waals surface area contributed by atoms with Crippen LogP contribution in [0, 0.1) is 5.92 Å². The van der Waals surface area contributed by atoms with Crippen LogP contribution in [-0.4, -0.2) is 54.8 Å². The second kappa shape index (κ2) is 5.69. The van der Waals surface area contributed by atoms with Gasteiger partial charge < -0.3 is 14.7 Å². The van der Waals surface area contributed by atoms with Crippen LogP contribution in [0.4, 0.5) is 11.5 Å². The molecule has 0 radical (unpaired) electrons. The zero-order valence-corrected chi connectivity index (χ0v) is 11.6. The minimum Gasteiger partial charge on any atom is -0.481 e. The van der Waals surface area contributed by atoms with E-state index in [0.29, 0.717) is 19.0 Å². The van der Waals surface area contributed by atoms with Crippen LogP contribution in [0.25, 0.3) is 0 Å². The van der Waals surface area contributed by atoms with Gasteiger partial charge in [-0.3, -0.25) is 14.5 Å². The summed E-state index contributed by atoms with van der Waals surface area (Å²) in [5.74, 6) is -1.25. The van der Waals surface area contributed by atoms with Crippen molar-refractivity contribution in [2.24, 2.45) is 5.92 Å². The number of carboxylic acids is 1. The molecule has 3 heterocycles. The smallest absolute Gasteiger partial charge is 0.308 e. The van der Waals surface area contributed by atoms with E-state index in [4.69, 9.17) is 9.84 Å². The number of pyridine rings is 1. The number of carbonyl (C=O) groups excluding carboxylic acids is 1. The Hall–Kier alpha value is -2.15. The van der Waals surface area contributed by atoms with Gasteiger partial charge in [-0.15, -0.1) is 0 Å². The zero-order chi connectivity index (χ0) is 14.8. The molecule has 7 heteroatoms. The lowest BCUT2D eigenvalue weighted by atomic mass is 10.1. The molecule has 0 bridgehead atoms. The average molecular weight is 291 g/mol. The molecular weight excluding hydrogens is 274 g/mol. The van der Waals surface area contributed by atoms with Crippen molar-refractivity contribution < 1.29 is 19.4 Å². The predicted molar refractivity (Wildman–Crippen MR) is 75.4 cm³/mol. The molecule has 0 saturated carbocycles. The lowest BCUT2D eigenvalue weighted by Gasteiger charge is -2.28. The highest BCUT2D eigenvalue weighted by Crippen LogP contribution is 2.25. The van der Waals surface area contributed by atoms with Crippen LogP contribution in [0.15, 0.2) is 18.3 Å². The Morgan fingerprint density at radius 2 is 2.10 bits per heavy atom. The molecule has 2 fully saturated rings. The van der Waals surface area contributed by atoms with Crippen LogP contribution in [0.1, 0.15) is 6.42 Å². The normalized spacial score (nSPS) is 22.7. The number of hydrogen-bond acceptors (Lipinski definition) is 5. The number of aliphatic carboxylic acids is 1. The molecule has 1 aromatic heterocycles. The second-order valence-corrected chi connectivity index (χ2v) is 5.22. The van der Waals surface area contributed by atoms with Gasteiger partial charge in [-0.1, -0.05) is 0 Å². The van der Waals surface area contributed by atoms with Gasteiger partial charge >= 0.3 is 5.97 Å². The summed E-state index contributed by atoms with van der Waals surface area (Å²) in [7, 11) is 0. The number of aromatic nitrogens is 1. The zero-order valence-electron chi connectivity index (χ0n) is 11.6. The van der Waals surface area contributed by atoms with Crippen molar-refractivity contribution in [3.63, 3.8) is 0 Å². The topological polar surface area (TPSA) is 83.0 Å². The highest BCUT2D eigenvalue weighted by molar-refractivity contribution is 5.98. The Bertz CT molecular complexity index is 540. The first-order chi connectivity index (χ1) is 10.1. The molecule has 1 unspecified atom stereocenters. The van der Waals surface area contributed by atoms with E-state index < -0.39 is 11.9 Å². The van der Waals surface area contributed by atoms with Crippen molar-refractivity contribution in [3.8, 4) is 0 Å². The van der Waals surface area contributed by atoms with Gasteiger partial charge in [0, 0.05) is 26.1 Å². The third kappa shape index (κ3) is 2.82. The van der Waals surface area contributed by atoms with Crippen LogP contribution in [0.2, 0.25) is 0 Å². The monoisotopic (exact) mass is 291 g/mol. The number of ether oxygens (including phenoxy) is 1. The minimum atomic E-state index is -0.934. The summed E-state index contributed by atoms with van der Waals surface area (Å²) in [5.41, 5.74) is 0.989. The van der Waals surface area contributed by atoms with E-state index in [1.807, 2.05) is 6.07 Å². The lowest BCUT2D eigenvalue weighted by Crippen LogP contribution is -2.36. The number of morpholine rings is 1. The highest BCUT2D eigenvalue weighted by Gasteiger charge is 2.35. The molecule has 3 rings (SSSR count). The van der Waals surface area contributed by atoms with Gasteiger partial charge in [0.25, 0.3) is 0 Å². The molecule has 2 saturated heterocycles. The van der Waals surface area contributed by atoms with Crippen LogP contribution in [-0.2, 0) is 14.3 Å². The SMILES string of the molecule is O=C(O)C1CC(=O)N(c2ccc(N3CCOCC3)cn2)C1. The fourth-order valence-electron chi connectivity index (χ4n) is 2.64. The van der Waals surface area contributed by atoms with Gasteiger partial charge in [0.2, 0.25) is 5.91 Å². The maximum atomic E-state index is 11.9. The van der Waals surface area contributed by atoms with E-state index >= 15 is 0 Å². The summed E-state index contributed by atoms with van der Waals surface area (Å²) < 4.78 is 5.30. The van der Waals surface area contributed by atoms with Crippen molar-refractivity contribution in [1.82, 2.24) is 4.98 Å². The number of rotatable bonds is 3. The Kier molecular flexibility index (Phi) is 3.74. The van der Waals surface area contributed by atoms with E-state index in [-0.39, 0.29) is 18.9 Å². The van der Waals surface area contributed by atoms with Crippen LogP contribution >= 0.6 is 0 Å². The third-order valence-electron chi connectivity index (χ3n) is 3.86. The summed E-state index contributed by atoms with van der Waals surface area (Å²) in [4.78, 5) is 30.8. The summed E-state index contributed by atoms with van der Waals surface area (Å²) in [6.07, 6.45) is 1.77. The first-order valence-electron chi connectivity index (χ1n) is 6.97. The van der Waals surface area contributed by atoms with Gasteiger partial charge in [-0.2, -0.15) is 0 Å². The fourth-order valence-corrected chi connectivity index (χ4v) is 2.64. The van der Waals surface area contributed by atoms with Crippen molar-refractivity contribution in [3.05, 3.63) is 18.3 Å². The van der Waals surface area contributed by atoms with Gasteiger partial charge in [-0.05, 0) is 12.1 Å². The van der Waals surface area contributed by atoms with E-state index in [1.54, 1.807) is 12.3 Å². The number of anilines is 2. The molecule has 0 spiro atoms. The van der Waals surface area contributed by atoms with E-state index in [1.165, 1.54) is 4.90 Å². The average Bonchev–Trinajstić information content (AvgIpc) is 2.91. The maximum absolute atomic E-state index is 11.9. The molecule has 2 aliphatic rings. The van der Waals surface area contributed by atoms with E-state index in [2.05, 4.69) is 9.88 Å². The number of hydrogen-bond donors (Lipinski definition) is 1. The predicted octanol–water partition coefficient (Wildman–Crippen LogP) is 0.356. The summed E-state index contributed by atoms with van der Waals surface area (Å²) >= 11 is 0. The molecule has 1 amide bonds. The van der Waals surface area contributed by atoms with Crippen LogP contribution in [0.3, 0.4) is 0 Å². The molecule has 2 aliphatic heterocycles. The molecule has 7 nitrogen and oxygen atoms in total. The van der Waals surface area contributed by atoms with Crippen molar-refractivity contribution >= 4 is 23.4 Å². The number of carbonyl (C=O) groups is 2. The van der Waals surface area contributed by atoms with E-state index in [9.17, 15) is 9.59 Å². The van der Waals surface area contributed by atoms with Crippen molar-refractivity contribution in [2.75, 3.05) is 42.6 Å².